The van der Waals surface area contributed by atoms with Gasteiger partial charge in [0.15, 0.2) is 0 Å². The zero-order chi connectivity index (χ0) is 10.5. The zero-order valence-electron chi connectivity index (χ0n) is 8.56. The van der Waals surface area contributed by atoms with E-state index >= 15 is 0 Å². The molecule has 0 aromatic carbocycles. The smallest absolute Gasteiger partial charge is 0.232 e. The number of hydrogen-bond acceptors (Lipinski definition) is 5. The van der Waals surface area contributed by atoms with Crippen molar-refractivity contribution in [2.75, 3.05) is 18.9 Å². The maximum atomic E-state index is 5.53. The van der Waals surface area contributed by atoms with Crippen LogP contribution < -0.4 is 10.5 Å². The van der Waals surface area contributed by atoms with E-state index in [0.717, 1.165) is 19.4 Å². The van der Waals surface area contributed by atoms with Crippen LogP contribution in [0.4, 0.5) is 5.82 Å². The molecular weight excluding hydrogens is 194 g/mol. The summed E-state index contributed by atoms with van der Waals surface area (Å²) in [6.07, 6.45) is 6.62. The highest BCUT2D eigenvalue weighted by atomic mass is 16.5. The quantitative estimate of drug-likeness (QED) is 0.804. The Kier molecular flexibility index (Phi) is 3.34. The van der Waals surface area contributed by atoms with Crippen molar-refractivity contribution in [2.24, 2.45) is 0 Å². The largest absolute Gasteiger partial charge is 0.474 e. The number of nitrogens with two attached hydrogens (primary N) is 1. The summed E-state index contributed by atoms with van der Waals surface area (Å²) in [5, 5.41) is 0. The Labute approximate surface area is 88.6 Å². The first kappa shape index (κ1) is 10.2. The molecule has 0 radical (unpaired) electrons. The maximum absolute atomic E-state index is 5.53. The SMILES string of the molecule is Nc1cnc(OCC2CCCCO2)cn1. The van der Waals surface area contributed by atoms with Crippen LogP contribution in [0.3, 0.4) is 0 Å². The highest BCUT2D eigenvalue weighted by Crippen LogP contribution is 2.14. The standard InChI is InChI=1S/C10H15N3O2/c11-9-5-13-10(6-12-9)15-7-8-3-1-2-4-14-8/h5-6,8H,1-4,7H2,(H2,11,12). The van der Waals surface area contributed by atoms with Crippen molar-refractivity contribution in [2.45, 2.75) is 25.4 Å². The Morgan fingerprint density at radius 1 is 1.40 bits per heavy atom. The Bertz CT molecular complexity index is 296. The average Bonchev–Trinajstić information content (AvgIpc) is 2.30. The first-order valence-electron chi connectivity index (χ1n) is 5.16. The fourth-order valence-electron chi connectivity index (χ4n) is 1.52. The number of nitrogens with zero attached hydrogens (tertiary/aromatic N) is 2. The predicted molar refractivity (Wildman–Crippen MR) is 55.5 cm³/mol. The summed E-state index contributed by atoms with van der Waals surface area (Å²) < 4.78 is 11.0. The molecule has 2 heterocycles. The molecule has 0 aliphatic carbocycles. The number of rotatable bonds is 3. The monoisotopic (exact) mass is 209 g/mol. The van der Waals surface area contributed by atoms with Crippen LogP contribution in [0.1, 0.15) is 19.3 Å². The van der Waals surface area contributed by atoms with Gasteiger partial charge in [0.05, 0.1) is 18.5 Å². The topological polar surface area (TPSA) is 70.3 Å². The third-order valence-electron chi connectivity index (χ3n) is 2.34. The second-order valence-electron chi connectivity index (χ2n) is 3.58. The van der Waals surface area contributed by atoms with Gasteiger partial charge >= 0.3 is 0 Å². The van der Waals surface area contributed by atoms with E-state index in [1.54, 1.807) is 0 Å². The maximum Gasteiger partial charge on any atom is 0.232 e. The Hall–Kier alpha value is -1.36. The summed E-state index contributed by atoms with van der Waals surface area (Å²) in [4.78, 5) is 7.89. The summed E-state index contributed by atoms with van der Waals surface area (Å²) in [5.74, 6) is 0.898. The van der Waals surface area contributed by atoms with Crippen LogP contribution in [-0.2, 0) is 4.74 Å². The van der Waals surface area contributed by atoms with E-state index in [4.69, 9.17) is 15.2 Å². The predicted octanol–water partition coefficient (Wildman–Crippen LogP) is 1.01. The molecule has 1 atom stereocenters. The van der Waals surface area contributed by atoms with Crippen LogP contribution in [0.5, 0.6) is 5.88 Å². The molecule has 0 spiro atoms. The number of aromatic nitrogens is 2. The summed E-state index contributed by atoms with van der Waals surface area (Å²) in [7, 11) is 0. The summed E-state index contributed by atoms with van der Waals surface area (Å²) in [6, 6.07) is 0. The normalized spacial score (nSPS) is 21.2. The molecular formula is C10H15N3O2. The first-order valence-corrected chi connectivity index (χ1v) is 5.16. The fraction of sp³-hybridized carbons (Fsp3) is 0.600. The van der Waals surface area contributed by atoms with Gasteiger partial charge < -0.3 is 15.2 Å². The second kappa shape index (κ2) is 4.93. The molecule has 1 saturated heterocycles. The van der Waals surface area contributed by atoms with E-state index in [9.17, 15) is 0 Å². The summed E-state index contributed by atoms with van der Waals surface area (Å²) in [5.41, 5.74) is 5.41. The molecule has 15 heavy (non-hydrogen) atoms. The lowest BCUT2D eigenvalue weighted by Crippen LogP contribution is -2.26. The fourth-order valence-corrected chi connectivity index (χ4v) is 1.52. The van der Waals surface area contributed by atoms with Gasteiger partial charge in [0.25, 0.3) is 0 Å². The molecule has 1 aromatic rings. The van der Waals surface area contributed by atoms with Gasteiger partial charge in [-0.1, -0.05) is 0 Å². The molecule has 0 saturated carbocycles. The van der Waals surface area contributed by atoms with Crippen LogP contribution in [0, 0.1) is 0 Å². The van der Waals surface area contributed by atoms with E-state index in [1.807, 2.05) is 0 Å². The number of nitrogen functional groups attached to an aromatic ring is 1. The van der Waals surface area contributed by atoms with Crippen molar-refractivity contribution in [3.8, 4) is 5.88 Å². The third-order valence-corrected chi connectivity index (χ3v) is 2.34. The van der Waals surface area contributed by atoms with Gasteiger partial charge in [0, 0.05) is 6.61 Å². The van der Waals surface area contributed by atoms with Gasteiger partial charge in [-0.2, -0.15) is 0 Å². The molecule has 2 rings (SSSR count). The van der Waals surface area contributed by atoms with Crippen molar-refractivity contribution < 1.29 is 9.47 Å². The van der Waals surface area contributed by atoms with Crippen LogP contribution in [-0.4, -0.2) is 29.3 Å². The zero-order valence-corrected chi connectivity index (χ0v) is 8.56. The molecule has 1 fully saturated rings. The van der Waals surface area contributed by atoms with Gasteiger partial charge in [0.2, 0.25) is 5.88 Å². The molecule has 1 aromatic heterocycles. The van der Waals surface area contributed by atoms with Crippen molar-refractivity contribution in [3.63, 3.8) is 0 Å². The van der Waals surface area contributed by atoms with Gasteiger partial charge in [-0.25, -0.2) is 9.97 Å². The molecule has 1 aliphatic heterocycles. The van der Waals surface area contributed by atoms with Gasteiger partial charge in [0.1, 0.15) is 12.4 Å². The first-order chi connectivity index (χ1) is 7.34. The molecule has 1 aliphatic rings. The highest BCUT2D eigenvalue weighted by Gasteiger charge is 2.14. The van der Waals surface area contributed by atoms with E-state index in [2.05, 4.69) is 9.97 Å². The average molecular weight is 209 g/mol. The van der Waals surface area contributed by atoms with E-state index < -0.39 is 0 Å². The lowest BCUT2D eigenvalue weighted by Gasteiger charge is -2.22. The highest BCUT2D eigenvalue weighted by molar-refractivity contribution is 5.24. The number of hydrogen-bond donors (Lipinski definition) is 1. The third kappa shape index (κ3) is 3.06. The van der Waals surface area contributed by atoms with Crippen LogP contribution in [0.2, 0.25) is 0 Å². The molecule has 0 amide bonds. The Balaban J connectivity index is 1.79. The van der Waals surface area contributed by atoms with E-state index in [0.29, 0.717) is 18.3 Å². The van der Waals surface area contributed by atoms with Crippen LogP contribution in [0.15, 0.2) is 12.4 Å². The summed E-state index contributed by atoms with van der Waals surface area (Å²) in [6.45, 7) is 1.38. The lowest BCUT2D eigenvalue weighted by molar-refractivity contribution is -0.0120. The minimum absolute atomic E-state index is 0.193. The molecule has 82 valence electrons. The van der Waals surface area contributed by atoms with Crippen molar-refractivity contribution in [1.82, 2.24) is 9.97 Å². The van der Waals surface area contributed by atoms with E-state index in [1.165, 1.54) is 18.8 Å². The minimum atomic E-state index is 0.193. The Morgan fingerprint density at radius 3 is 3.00 bits per heavy atom. The molecule has 5 nitrogen and oxygen atoms in total. The number of ether oxygens (including phenoxy) is 2. The van der Waals surface area contributed by atoms with Crippen molar-refractivity contribution >= 4 is 5.82 Å². The minimum Gasteiger partial charge on any atom is -0.474 e. The van der Waals surface area contributed by atoms with Crippen molar-refractivity contribution in [3.05, 3.63) is 12.4 Å². The van der Waals surface area contributed by atoms with Crippen LogP contribution in [0.25, 0.3) is 0 Å². The molecule has 5 heteroatoms. The van der Waals surface area contributed by atoms with Gasteiger partial charge in [-0.05, 0) is 19.3 Å². The van der Waals surface area contributed by atoms with Crippen LogP contribution >= 0.6 is 0 Å². The number of anilines is 1. The Morgan fingerprint density at radius 2 is 2.33 bits per heavy atom. The van der Waals surface area contributed by atoms with Gasteiger partial charge in [-0.3, -0.25) is 0 Å². The second-order valence-corrected chi connectivity index (χ2v) is 3.58. The molecule has 0 bridgehead atoms. The van der Waals surface area contributed by atoms with Gasteiger partial charge in [-0.15, -0.1) is 0 Å². The van der Waals surface area contributed by atoms with E-state index in [-0.39, 0.29) is 6.10 Å². The summed E-state index contributed by atoms with van der Waals surface area (Å²) >= 11 is 0. The van der Waals surface area contributed by atoms with Crippen molar-refractivity contribution in [1.29, 1.82) is 0 Å². The molecule has 1 unspecified atom stereocenters. The lowest BCUT2D eigenvalue weighted by atomic mass is 10.1. The molecule has 2 N–H and O–H groups in total.